The first kappa shape index (κ1) is 14.4. The summed E-state index contributed by atoms with van der Waals surface area (Å²) in [7, 11) is 7.43. The number of hydrogen-bond acceptors (Lipinski definition) is 2. The smallest absolute Gasteiger partial charge is 0.0909 e. The van der Waals surface area contributed by atoms with Gasteiger partial charge in [0.1, 0.15) is 0 Å². The maximum Gasteiger partial charge on any atom is 0.0909 e. The SMILES string of the molecule is CC(C)(C)c1cc2c(c(C(C)(C)C)c1)N=S(Cl)S2. The molecule has 0 spiro atoms. The van der Waals surface area contributed by atoms with Crippen molar-refractivity contribution in [3.63, 3.8) is 0 Å². The lowest BCUT2D eigenvalue weighted by atomic mass is 9.80. The minimum Gasteiger partial charge on any atom is -0.200 e. The van der Waals surface area contributed by atoms with E-state index in [2.05, 4.69) is 58.0 Å². The molecule has 0 fully saturated rings. The summed E-state index contributed by atoms with van der Waals surface area (Å²) in [6, 6.07) is 4.57. The number of fused-ring (bicyclic) bond motifs is 1. The van der Waals surface area contributed by atoms with Crippen molar-refractivity contribution in [1.82, 2.24) is 0 Å². The van der Waals surface area contributed by atoms with Crippen LogP contribution in [0.1, 0.15) is 52.7 Å². The van der Waals surface area contributed by atoms with Crippen molar-refractivity contribution >= 4 is 36.1 Å². The molecule has 1 aliphatic rings. The zero-order valence-electron chi connectivity index (χ0n) is 11.8. The van der Waals surface area contributed by atoms with Crippen LogP contribution in [-0.4, -0.2) is 0 Å². The molecule has 1 heterocycles. The zero-order valence-corrected chi connectivity index (χ0v) is 14.2. The monoisotopic (exact) mass is 301 g/mol. The van der Waals surface area contributed by atoms with E-state index < -0.39 is 8.94 Å². The van der Waals surface area contributed by atoms with Gasteiger partial charge >= 0.3 is 0 Å². The fourth-order valence-corrected chi connectivity index (χ4v) is 4.91. The van der Waals surface area contributed by atoms with E-state index in [0.717, 1.165) is 5.69 Å². The van der Waals surface area contributed by atoms with E-state index in [-0.39, 0.29) is 10.8 Å². The predicted molar refractivity (Wildman–Crippen MR) is 85.0 cm³/mol. The quantitative estimate of drug-likeness (QED) is 0.544. The van der Waals surface area contributed by atoms with Crippen molar-refractivity contribution in [2.24, 2.45) is 4.36 Å². The first-order valence-corrected chi connectivity index (χ1v) is 9.43. The summed E-state index contributed by atoms with van der Waals surface area (Å²) in [4.78, 5) is 1.24. The fraction of sp³-hybridized carbons (Fsp3) is 0.571. The molecule has 1 aromatic carbocycles. The van der Waals surface area contributed by atoms with Crippen LogP contribution in [-0.2, 0) is 19.8 Å². The standard InChI is InChI=1S/C14H20ClNS2/c1-13(2,3)9-7-10(14(4,5)6)12-11(8-9)17-18(15)16-12/h7-8H,1-6H3. The lowest BCUT2D eigenvalue weighted by Crippen LogP contribution is -2.16. The molecule has 1 aliphatic heterocycles. The third kappa shape index (κ3) is 2.78. The summed E-state index contributed by atoms with van der Waals surface area (Å²) in [5.74, 6) is 0. The highest BCUT2D eigenvalue weighted by molar-refractivity contribution is 8.78. The molecular formula is C14H20ClNS2. The van der Waals surface area contributed by atoms with Gasteiger partial charge in [-0.1, -0.05) is 47.6 Å². The van der Waals surface area contributed by atoms with Gasteiger partial charge in [-0.25, -0.2) is 4.36 Å². The minimum absolute atomic E-state index is 0.0980. The Hall–Kier alpha value is 0.01000. The molecule has 0 bridgehead atoms. The molecule has 0 saturated heterocycles. The zero-order chi connectivity index (χ0) is 13.7. The second-order valence-corrected chi connectivity index (χ2v) is 10.8. The summed E-state index contributed by atoms with van der Waals surface area (Å²) in [6.45, 7) is 13.5. The largest absolute Gasteiger partial charge is 0.200 e. The van der Waals surface area contributed by atoms with Crippen LogP contribution < -0.4 is 0 Å². The van der Waals surface area contributed by atoms with E-state index in [0.29, 0.717) is 0 Å². The average Bonchev–Trinajstić information content (AvgIpc) is 2.52. The Bertz CT molecular complexity index is 522. The van der Waals surface area contributed by atoms with E-state index >= 15 is 0 Å². The van der Waals surface area contributed by atoms with E-state index in [1.165, 1.54) is 16.0 Å². The predicted octanol–water partition coefficient (Wildman–Crippen LogP) is 5.89. The third-order valence-electron chi connectivity index (χ3n) is 3.07. The first-order chi connectivity index (χ1) is 8.09. The number of benzene rings is 1. The molecule has 0 aliphatic carbocycles. The van der Waals surface area contributed by atoms with Gasteiger partial charge in [-0.2, -0.15) is 0 Å². The normalized spacial score (nSPS) is 19.6. The number of halogens is 1. The van der Waals surface area contributed by atoms with Crippen LogP contribution in [0.25, 0.3) is 0 Å². The van der Waals surface area contributed by atoms with E-state index in [1.807, 2.05) is 0 Å². The molecular weight excluding hydrogens is 282 g/mol. The molecule has 0 amide bonds. The van der Waals surface area contributed by atoms with Crippen LogP contribution in [0.2, 0.25) is 0 Å². The van der Waals surface area contributed by atoms with Gasteiger partial charge < -0.3 is 0 Å². The van der Waals surface area contributed by atoms with Gasteiger partial charge in [-0.3, -0.25) is 0 Å². The second kappa shape index (κ2) is 4.53. The molecule has 1 unspecified atom stereocenters. The van der Waals surface area contributed by atoms with E-state index in [1.54, 1.807) is 10.8 Å². The molecule has 0 aromatic heterocycles. The summed E-state index contributed by atoms with van der Waals surface area (Å²) >= 11 is 0. The van der Waals surface area contributed by atoms with E-state index in [4.69, 9.17) is 10.7 Å². The summed E-state index contributed by atoms with van der Waals surface area (Å²) < 4.78 is 4.60. The Morgan fingerprint density at radius 2 is 1.67 bits per heavy atom. The highest BCUT2D eigenvalue weighted by Crippen LogP contribution is 2.49. The lowest BCUT2D eigenvalue weighted by Gasteiger charge is -2.26. The summed E-state index contributed by atoms with van der Waals surface area (Å²) in [5.41, 5.74) is 4.04. The van der Waals surface area contributed by atoms with Crippen LogP contribution >= 0.6 is 21.5 Å². The molecule has 18 heavy (non-hydrogen) atoms. The Kier molecular flexibility index (Phi) is 3.63. The van der Waals surface area contributed by atoms with Crippen molar-refractivity contribution in [3.8, 4) is 0 Å². The van der Waals surface area contributed by atoms with Crippen LogP contribution in [0.5, 0.6) is 0 Å². The summed E-state index contributed by atoms with van der Waals surface area (Å²) in [5, 5.41) is 0. The molecule has 0 radical (unpaired) electrons. The molecule has 2 rings (SSSR count). The molecule has 1 nitrogen and oxygen atoms in total. The molecule has 100 valence electrons. The topological polar surface area (TPSA) is 12.4 Å². The minimum atomic E-state index is -0.436. The Morgan fingerprint density at radius 1 is 1.06 bits per heavy atom. The average molecular weight is 302 g/mol. The van der Waals surface area contributed by atoms with Crippen LogP contribution in [0, 0.1) is 0 Å². The van der Waals surface area contributed by atoms with Crippen LogP contribution in [0.15, 0.2) is 21.4 Å². The number of nitrogens with zero attached hydrogens (tertiary/aromatic N) is 1. The lowest BCUT2D eigenvalue weighted by molar-refractivity contribution is 0.567. The van der Waals surface area contributed by atoms with Crippen molar-refractivity contribution in [3.05, 3.63) is 23.3 Å². The number of rotatable bonds is 0. The van der Waals surface area contributed by atoms with Crippen LogP contribution in [0.3, 0.4) is 0 Å². The number of hydrogen-bond donors (Lipinski definition) is 0. The van der Waals surface area contributed by atoms with Gasteiger partial charge in [0.05, 0.1) is 14.6 Å². The van der Waals surface area contributed by atoms with Gasteiger partial charge in [-0.05, 0) is 49.5 Å². The van der Waals surface area contributed by atoms with Crippen molar-refractivity contribution < 1.29 is 0 Å². The Morgan fingerprint density at radius 3 is 2.17 bits per heavy atom. The highest BCUT2D eigenvalue weighted by Gasteiger charge is 2.28. The summed E-state index contributed by atoms with van der Waals surface area (Å²) in [6.07, 6.45) is 0. The van der Waals surface area contributed by atoms with Crippen LogP contribution in [0.4, 0.5) is 5.69 Å². The van der Waals surface area contributed by atoms with Gasteiger partial charge in [-0.15, -0.1) is 0 Å². The Balaban J connectivity index is 2.67. The maximum atomic E-state index is 6.19. The maximum absolute atomic E-state index is 6.19. The van der Waals surface area contributed by atoms with Crippen molar-refractivity contribution in [2.75, 3.05) is 0 Å². The second-order valence-electron chi connectivity index (χ2n) is 6.75. The first-order valence-electron chi connectivity index (χ1n) is 6.09. The fourth-order valence-electron chi connectivity index (χ4n) is 1.93. The van der Waals surface area contributed by atoms with E-state index in [9.17, 15) is 0 Å². The van der Waals surface area contributed by atoms with Crippen molar-refractivity contribution in [1.29, 1.82) is 0 Å². The van der Waals surface area contributed by atoms with Gasteiger partial charge in [0, 0.05) is 4.90 Å². The third-order valence-corrected chi connectivity index (χ3v) is 5.97. The van der Waals surface area contributed by atoms with Gasteiger partial charge in [0.15, 0.2) is 0 Å². The molecule has 1 aromatic rings. The molecule has 0 saturated carbocycles. The molecule has 1 atom stereocenters. The highest BCUT2D eigenvalue weighted by atomic mass is 35.7. The molecule has 4 heteroatoms. The molecule has 0 N–H and O–H groups in total. The van der Waals surface area contributed by atoms with Gasteiger partial charge in [0.25, 0.3) is 0 Å². The van der Waals surface area contributed by atoms with Crippen molar-refractivity contribution in [2.45, 2.75) is 57.3 Å². The Labute approximate surface area is 121 Å². The van der Waals surface area contributed by atoms with Gasteiger partial charge in [0.2, 0.25) is 0 Å².